The monoisotopic (exact) mass is 578 g/mol. The van der Waals surface area contributed by atoms with Crippen molar-refractivity contribution in [3.63, 3.8) is 0 Å². The molecule has 0 saturated heterocycles. The van der Waals surface area contributed by atoms with E-state index in [1.807, 2.05) is 24.3 Å². The van der Waals surface area contributed by atoms with Crippen molar-refractivity contribution in [1.82, 2.24) is 0 Å². The molecule has 1 heterocycles. The van der Waals surface area contributed by atoms with Crippen LogP contribution in [0.4, 0.5) is 11.4 Å². The molecule has 0 aliphatic carbocycles. The lowest BCUT2D eigenvalue weighted by molar-refractivity contribution is -0.123. The Bertz CT molecular complexity index is 1850. The summed E-state index contributed by atoms with van der Waals surface area (Å²) in [5.41, 5.74) is 1.90. The third-order valence-corrected chi connectivity index (χ3v) is 7.84. The number of fused-ring (bicyclic) bond motifs is 3. The fourth-order valence-electron chi connectivity index (χ4n) is 4.05. The van der Waals surface area contributed by atoms with Crippen LogP contribution in [0.2, 0.25) is 5.02 Å². The van der Waals surface area contributed by atoms with E-state index in [1.165, 1.54) is 44.4 Å². The number of furan rings is 1. The van der Waals surface area contributed by atoms with Gasteiger partial charge in [0.1, 0.15) is 16.9 Å². The standard InChI is InChI=1S/C29H23ClN2O7S/c1-17(28(33)31-24-16-26-21(15-27(24)37-2)20-7-3-6-10-25(20)39-26)38-29(34)18-11-13-19(14-12-18)40(35,36)32-23-9-5-4-8-22(23)30/h3-17,32H,1-2H3,(H,31,33)/t17-/m1/s1. The number of carbonyl (C=O) groups is 2. The SMILES string of the molecule is COc1cc2c(cc1NC(=O)[C@@H](C)OC(=O)c1ccc(S(=O)(=O)Nc3ccccc3Cl)cc1)oc1ccccc12. The lowest BCUT2D eigenvalue weighted by Crippen LogP contribution is -2.30. The number of para-hydroxylation sites is 2. The second kappa shape index (κ2) is 10.9. The fraction of sp³-hybridized carbons (Fsp3) is 0.103. The third kappa shape index (κ3) is 5.45. The van der Waals surface area contributed by atoms with Crippen molar-refractivity contribution in [2.45, 2.75) is 17.9 Å². The average Bonchev–Trinajstić information content (AvgIpc) is 3.31. The number of methoxy groups -OCH3 is 1. The van der Waals surface area contributed by atoms with Crippen molar-refractivity contribution in [2.24, 2.45) is 0 Å². The predicted molar refractivity (Wildman–Crippen MR) is 152 cm³/mol. The number of nitrogens with one attached hydrogen (secondary N) is 2. The molecule has 1 atom stereocenters. The number of sulfonamides is 1. The Kier molecular flexibility index (Phi) is 7.38. The number of benzene rings is 4. The van der Waals surface area contributed by atoms with Crippen molar-refractivity contribution in [3.05, 3.63) is 95.5 Å². The smallest absolute Gasteiger partial charge is 0.338 e. The highest BCUT2D eigenvalue weighted by Gasteiger charge is 2.22. The van der Waals surface area contributed by atoms with Crippen LogP contribution < -0.4 is 14.8 Å². The fourth-order valence-corrected chi connectivity index (χ4v) is 5.37. The summed E-state index contributed by atoms with van der Waals surface area (Å²) in [6, 6.07) is 22.5. The molecule has 0 fully saturated rings. The Hall–Kier alpha value is -4.54. The summed E-state index contributed by atoms with van der Waals surface area (Å²) in [6.07, 6.45) is -1.17. The zero-order valence-corrected chi connectivity index (χ0v) is 22.9. The molecule has 0 spiro atoms. The minimum atomic E-state index is -3.95. The molecule has 9 nitrogen and oxygen atoms in total. The van der Waals surface area contributed by atoms with Crippen LogP contribution >= 0.6 is 11.6 Å². The van der Waals surface area contributed by atoms with Gasteiger partial charge in [-0.1, -0.05) is 41.9 Å². The number of halogens is 1. The molecule has 4 aromatic carbocycles. The highest BCUT2D eigenvalue weighted by atomic mass is 35.5. The second-order valence-electron chi connectivity index (χ2n) is 8.79. The maximum Gasteiger partial charge on any atom is 0.338 e. The summed E-state index contributed by atoms with van der Waals surface area (Å²) < 4.78 is 44.5. The van der Waals surface area contributed by atoms with E-state index in [-0.39, 0.29) is 21.2 Å². The van der Waals surface area contributed by atoms with E-state index < -0.39 is 28.0 Å². The van der Waals surface area contributed by atoms with Crippen molar-refractivity contribution in [2.75, 3.05) is 17.1 Å². The van der Waals surface area contributed by atoms with Crippen LogP contribution in [0.3, 0.4) is 0 Å². The van der Waals surface area contributed by atoms with Crippen LogP contribution in [0.5, 0.6) is 5.75 Å². The molecule has 0 aliphatic heterocycles. The molecule has 204 valence electrons. The molecule has 1 amide bonds. The van der Waals surface area contributed by atoms with Gasteiger partial charge in [-0.3, -0.25) is 9.52 Å². The van der Waals surface area contributed by atoms with Crippen LogP contribution in [0.1, 0.15) is 17.3 Å². The Morgan fingerprint density at radius 1 is 0.875 bits per heavy atom. The normalized spacial score (nSPS) is 12.2. The van der Waals surface area contributed by atoms with E-state index in [4.69, 9.17) is 25.5 Å². The summed E-state index contributed by atoms with van der Waals surface area (Å²) in [4.78, 5) is 25.5. The van der Waals surface area contributed by atoms with Gasteiger partial charge < -0.3 is 19.2 Å². The van der Waals surface area contributed by atoms with Gasteiger partial charge in [0.15, 0.2) is 6.10 Å². The minimum Gasteiger partial charge on any atom is -0.495 e. The molecule has 0 aliphatic rings. The lowest BCUT2D eigenvalue weighted by Gasteiger charge is -2.15. The topological polar surface area (TPSA) is 124 Å². The number of ether oxygens (including phenoxy) is 2. The highest BCUT2D eigenvalue weighted by molar-refractivity contribution is 7.92. The molecule has 40 heavy (non-hydrogen) atoms. The maximum atomic E-state index is 12.9. The van der Waals surface area contributed by atoms with Gasteiger partial charge in [0.25, 0.3) is 15.9 Å². The van der Waals surface area contributed by atoms with Gasteiger partial charge in [-0.2, -0.15) is 0 Å². The van der Waals surface area contributed by atoms with E-state index in [9.17, 15) is 18.0 Å². The molecule has 1 aromatic heterocycles. The van der Waals surface area contributed by atoms with E-state index in [0.29, 0.717) is 22.6 Å². The van der Waals surface area contributed by atoms with Gasteiger partial charge in [-0.05, 0) is 55.5 Å². The molecule has 0 bridgehead atoms. The number of carbonyl (C=O) groups excluding carboxylic acids is 2. The van der Waals surface area contributed by atoms with Gasteiger partial charge in [-0.25, -0.2) is 13.2 Å². The van der Waals surface area contributed by atoms with Gasteiger partial charge in [0.2, 0.25) is 0 Å². The number of esters is 1. The summed E-state index contributed by atoms with van der Waals surface area (Å²) >= 11 is 6.04. The quantitative estimate of drug-likeness (QED) is 0.209. The maximum absolute atomic E-state index is 12.9. The van der Waals surface area contributed by atoms with Gasteiger partial charge in [0, 0.05) is 16.8 Å². The van der Waals surface area contributed by atoms with Gasteiger partial charge in [0.05, 0.1) is 34.0 Å². The summed E-state index contributed by atoms with van der Waals surface area (Å²) in [5, 5.41) is 4.70. The minimum absolute atomic E-state index is 0.0672. The van der Waals surface area contributed by atoms with E-state index in [2.05, 4.69) is 10.0 Å². The first-order valence-corrected chi connectivity index (χ1v) is 13.9. The predicted octanol–water partition coefficient (Wildman–Crippen LogP) is 6.23. The third-order valence-electron chi connectivity index (χ3n) is 6.13. The van der Waals surface area contributed by atoms with Crippen LogP contribution in [-0.2, 0) is 19.6 Å². The van der Waals surface area contributed by atoms with Crippen LogP contribution in [0, 0.1) is 0 Å². The molecular weight excluding hydrogens is 556 g/mol. The molecule has 0 radical (unpaired) electrons. The Labute approximate surface area is 234 Å². The lowest BCUT2D eigenvalue weighted by atomic mass is 10.1. The first-order valence-electron chi connectivity index (χ1n) is 12.0. The summed E-state index contributed by atoms with van der Waals surface area (Å²) in [6.45, 7) is 1.42. The van der Waals surface area contributed by atoms with Crippen molar-refractivity contribution in [3.8, 4) is 5.75 Å². The molecule has 5 rings (SSSR count). The van der Waals surface area contributed by atoms with Crippen molar-refractivity contribution < 1.29 is 31.9 Å². The zero-order valence-electron chi connectivity index (χ0n) is 21.3. The number of hydrogen-bond donors (Lipinski definition) is 2. The second-order valence-corrected chi connectivity index (χ2v) is 10.9. The molecular formula is C29H23ClN2O7S. The van der Waals surface area contributed by atoms with Crippen molar-refractivity contribution >= 4 is 66.8 Å². The number of rotatable bonds is 8. The Morgan fingerprint density at radius 3 is 2.30 bits per heavy atom. The van der Waals surface area contributed by atoms with Gasteiger partial charge in [-0.15, -0.1) is 0 Å². The molecule has 0 unspecified atom stereocenters. The average molecular weight is 579 g/mol. The van der Waals surface area contributed by atoms with E-state index >= 15 is 0 Å². The number of anilines is 2. The molecule has 2 N–H and O–H groups in total. The highest BCUT2D eigenvalue weighted by Crippen LogP contribution is 2.36. The zero-order chi connectivity index (χ0) is 28.4. The molecule has 0 saturated carbocycles. The van der Waals surface area contributed by atoms with E-state index in [0.717, 1.165) is 10.8 Å². The first kappa shape index (κ1) is 27.0. The van der Waals surface area contributed by atoms with Crippen molar-refractivity contribution in [1.29, 1.82) is 0 Å². The van der Waals surface area contributed by atoms with E-state index in [1.54, 1.807) is 30.3 Å². The van der Waals surface area contributed by atoms with Gasteiger partial charge >= 0.3 is 5.97 Å². The molecule has 5 aromatic rings. The first-order chi connectivity index (χ1) is 19.2. The van der Waals surface area contributed by atoms with Crippen LogP contribution in [0.25, 0.3) is 21.9 Å². The Balaban J connectivity index is 1.26. The van der Waals surface area contributed by atoms with Crippen LogP contribution in [-0.4, -0.2) is 33.5 Å². The number of amides is 1. The summed E-state index contributed by atoms with van der Waals surface area (Å²) in [7, 11) is -2.47. The summed E-state index contributed by atoms with van der Waals surface area (Å²) in [5.74, 6) is -0.983. The molecule has 11 heteroatoms. The largest absolute Gasteiger partial charge is 0.495 e. The number of hydrogen-bond acceptors (Lipinski definition) is 7. The van der Waals surface area contributed by atoms with Crippen LogP contribution in [0.15, 0.2) is 94.2 Å². The Morgan fingerprint density at radius 2 is 1.57 bits per heavy atom.